The van der Waals surface area contributed by atoms with Gasteiger partial charge in [-0.3, -0.25) is 4.79 Å². The zero-order chi connectivity index (χ0) is 24.7. The summed E-state index contributed by atoms with van der Waals surface area (Å²) in [5, 5.41) is 0. The standard InChI is InChI=1S/C22H25N3O6S3/c1-24-20-18(31-2)8-5-9-19(20)32-22(24)23-21(26)15-10-12-25(13-11-15)34(29,30)17-7-4-6-16(14-17)33(3,27)28/h4-9,14-15H,10-13H2,1-3H3. The molecule has 2 aromatic carbocycles. The maximum atomic E-state index is 13.0. The zero-order valence-corrected chi connectivity index (χ0v) is 21.4. The van der Waals surface area contributed by atoms with E-state index in [1.165, 1.54) is 39.9 Å². The number of benzene rings is 2. The number of carbonyl (C=O) groups excluding carboxylic acids is 1. The van der Waals surface area contributed by atoms with E-state index in [0.29, 0.717) is 23.4 Å². The van der Waals surface area contributed by atoms with Crippen LogP contribution in [0.5, 0.6) is 5.75 Å². The van der Waals surface area contributed by atoms with Crippen LogP contribution in [0.15, 0.2) is 57.2 Å². The van der Waals surface area contributed by atoms with Crippen LogP contribution in [-0.4, -0.2) is 58.1 Å². The molecule has 9 nitrogen and oxygen atoms in total. The zero-order valence-electron chi connectivity index (χ0n) is 19.0. The predicted molar refractivity (Wildman–Crippen MR) is 129 cm³/mol. The molecule has 1 aromatic heterocycles. The maximum Gasteiger partial charge on any atom is 0.251 e. The lowest BCUT2D eigenvalue weighted by molar-refractivity contribution is -0.122. The number of sulfone groups is 1. The summed E-state index contributed by atoms with van der Waals surface area (Å²) >= 11 is 1.39. The number of sulfonamides is 1. The second-order valence-electron chi connectivity index (χ2n) is 8.13. The summed E-state index contributed by atoms with van der Waals surface area (Å²) < 4.78 is 59.2. The molecular formula is C22H25N3O6S3. The monoisotopic (exact) mass is 523 g/mol. The third-order valence-electron chi connectivity index (χ3n) is 5.89. The van der Waals surface area contributed by atoms with Crippen molar-refractivity contribution in [3.63, 3.8) is 0 Å². The van der Waals surface area contributed by atoms with Crippen LogP contribution in [0.25, 0.3) is 10.2 Å². The van der Waals surface area contributed by atoms with Crippen molar-refractivity contribution in [2.24, 2.45) is 18.0 Å². The molecule has 1 amide bonds. The fourth-order valence-electron chi connectivity index (χ4n) is 3.98. The first-order valence-electron chi connectivity index (χ1n) is 10.5. The van der Waals surface area contributed by atoms with E-state index >= 15 is 0 Å². The summed E-state index contributed by atoms with van der Waals surface area (Å²) in [5.74, 6) is 0.0294. The Labute approximate surface area is 202 Å². The molecule has 34 heavy (non-hydrogen) atoms. The number of rotatable bonds is 5. The molecular weight excluding hydrogens is 498 g/mol. The van der Waals surface area contributed by atoms with E-state index in [-0.39, 0.29) is 34.7 Å². The van der Waals surface area contributed by atoms with E-state index in [9.17, 15) is 21.6 Å². The van der Waals surface area contributed by atoms with Gasteiger partial charge in [-0.1, -0.05) is 23.5 Å². The number of aryl methyl sites for hydroxylation is 1. The van der Waals surface area contributed by atoms with Crippen molar-refractivity contribution in [3.8, 4) is 5.75 Å². The smallest absolute Gasteiger partial charge is 0.251 e. The van der Waals surface area contributed by atoms with Crippen molar-refractivity contribution in [1.29, 1.82) is 0 Å². The molecule has 1 fully saturated rings. The molecule has 0 radical (unpaired) electrons. The molecule has 4 rings (SSSR count). The Kier molecular flexibility index (Phi) is 6.69. The first kappa shape index (κ1) is 24.6. The highest BCUT2D eigenvalue weighted by molar-refractivity contribution is 7.91. The lowest BCUT2D eigenvalue weighted by Gasteiger charge is -2.29. The topological polar surface area (TPSA) is 115 Å². The largest absolute Gasteiger partial charge is 0.495 e. The maximum absolute atomic E-state index is 13.0. The second kappa shape index (κ2) is 9.25. The Morgan fingerprint density at radius 3 is 2.35 bits per heavy atom. The van der Waals surface area contributed by atoms with Gasteiger partial charge in [-0.2, -0.15) is 9.30 Å². The number of aromatic nitrogens is 1. The normalized spacial score (nSPS) is 16.7. The van der Waals surface area contributed by atoms with Crippen LogP contribution in [0.1, 0.15) is 12.8 Å². The SMILES string of the molecule is COc1cccc2sc(=NC(=O)C3CCN(S(=O)(=O)c4cccc(S(C)(=O)=O)c4)CC3)n(C)c12. The summed E-state index contributed by atoms with van der Waals surface area (Å²) in [7, 11) is -3.99. The van der Waals surface area contributed by atoms with Crippen molar-refractivity contribution >= 4 is 47.3 Å². The molecule has 0 unspecified atom stereocenters. The van der Waals surface area contributed by atoms with E-state index < -0.39 is 19.9 Å². The predicted octanol–water partition coefficient (Wildman–Crippen LogP) is 2.18. The number of methoxy groups -OCH3 is 1. The van der Waals surface area contributed by atoms with Gasteiger partial charge in [0.05, 0.1) is 21.6 Å². The third kappa shape index (κ3) is 4.67. The first-order chi connectivity index (χ1) is 16.0. The molecule has 0 bridgehead atoms. The van der Waals surface area contributed by atoms with E-state index in [4.69, 9.17) is 4.74 Å². The van der Waals surface area contributed by atoms with Gasteiger partial charge in [0.1, 0.15) is 11.3 Å². The first-order valence-corrected chi connectivity index (χ1v) is 14.7. The lowest BCUT2D eigenvalue weighted by Crippen LogP contribution is -2.40. The molecule has 0 aliphatic carbocycles. The lowest BCUT2D eigenvalue weighted by atomic mass is 9.98. The van der Waals surface area contributed by atoms with Crippen LogP contribution in [-0.2, 0) is 31.7 Å². The molecule has 2 heterocycles. The third-order valence-corrected chi connectivity index (χ3v) is 9.99. The highest BCUT2D eigenvalue weighted by Crippen LogP contribution is 2.28. The summed E-state index contributed by atoms with van der Waals surface area (Å²) in [6.45, 7) is 0.313. The van der Waals surface area contributed by atoms with Crippen LogP contribution in [0, 0.1) is 5.92 Å². The number of carbonyl (C=O) groups is 1. The summed E-state index contributed by atoms with van der Waals surface area (Å²) in [6, 6.07) is 11.0. The number of amides is 1. The average molecular weight is 524 g/mol. The van der Waals surface area contributed by atoms with Gasteiger partial charge in [-0.05, 0) is 43.2 Å². The van der Waals surface area contributed by atoms with Crippen LogP contribution in [0.4, 0.5) is 0 Å². The van der Waals surface area contributed by atoms with Gasteiger partial charge in [-0.25, -0.2) is 16.8 Å². The molecule has 12 heteroatoms. The van der Waals surface area contributed by atoms with Crippen LogP contribution < -0.4 is 9.54 Å². The Balaban J connectivity index is 1.52. The van der Waals surface area contributed by atoms with Gasteiger partial charge in [0.25, 0.3) is 5.91 Å². The number of nitrogens with zero attached hydrogens (tertiary/aromatic N) is 3. The van der Waals surface area contributed by atoms with Crippen LogP contribution in [0.2, 0.25) is 0 Å². The average Bonchev–Trinajstić information content (AvgIpc) is 3.14. The molecule has 1 saturated heterocycles. The highest BCUT2D eigenvalue weighted by Gasteiger charge is 2.32. The minimum atomic E-state index is -3.87. The van der Waals surface area contributed by atoms with Gasteiger partial charge >= 0.3 is 0 Å². The van der Waals surface area contributed by atoms with Crippen molar-refractivity contribution < 1.29 is 26.4 Å². The molecule has 1 aliphatic rings. The number of ether oxygens (including phenoxy) is 1. The van der Waals surface area contributed by atoms with E-state index in [2.05, 4.69) is 4.99 Å². The number of piperidine rings is 1. The number of hydrogen-bond donors (Lipinski definition) is 0. The van der Waals surface area contributed by atoms with Crippen LogP contribution in [0.3, 0.4) is 0 Å². The molecule has 0 saturated carbocycles. The van der Waals surface area contributed by atoms with Gasteiger partial charge in [-0.15, -0.1) is 0 Å². The molecule has 0 N–H and O–H groups in total. The Bertz CT molecular complexity index is 1530. The van der Waals surface area contributed by atoms with Gasteiger partial charge in [0.2, 0.25) is 10.0 Å². The van der Waals surface area contributed by atoms with Crippen molar-refractivity contribution in [2.75, 3.05) is 26.5 Å². The molecule has 3 aromatic rings. The van der Waals surface area contributed by atoms with Crippen molar-refractivity contribution in [2.45, 2.75) is 22.6 Å². The van der Waals surface area contributed by atoms with Crippen molar-refractivity contribution in [1.82, 2.24) is 8.87 Å². The summed E-state index contributed by atoms with van der Waals surface area (Å²) in [6.07, 6.45) is 1.71. The highest BCUT2D eigenvalue weighted by atomic mass is 32.2. The van der Waals surface area contributed by atoms with Gasteiger partial charge in [0.15, 0.2) is 14.6 Å². The molecule has 0 spiro atoms. The van der Waals surface area contributed by atoms with Crippen molar-refractivity contribution in [3.05, 3.63) is 47.3 Å². The van der Waals surface area contributed by atoms with Gasteiger partial charge in [0, 0.05) is 32.3 Å². The Morgan fingerprint density at radius 1 is 1.06 bits per heavy atom. The Morgan fingerprint density at radius 2 is 1.71 bits per heavy atom. The van der Waals surface area contributed by atoms with Gasteiger partial charge < -0.3 is 9.30 Å². The minimum Gasteiger partial charge on any atom is -0.495 e. The Hall–Kier alpha value is -2.54. The number of thiazole rings is 1. The molecule has 0 atom stereocenters. The minimum absolute atomic E-state index is 0.0507. The summed E-state index contributed by atoms with van der Waals surface area (Å²) in [5.41, 5.74) is 0.860. The second-order valence-corrected chi connectivity index (χ2v) is 13.1. The fraction of sp³-hybridized carbons (Fsp3) is 0.364. The van der Waals surface area contributed by atoms with E-state index in [1.54, 1.807) is 7.11 Å². The quantitative estimate of drug-likeness (QED) is 0.506. The van der Waals surface area contributed by atoms with E-state index in [1.807, 2.05) is 29.8 Å². The number of para-hydroxylation sites is 1. The number of fused-ring (bicyclic) bond motifs is 1. The van der Waals surface area contributed by atoms with Crippen LogP contribution >= 0.6 is 11.3 Å². The molecule has 182 valence electrons. The molecule has 1 aliphatic heterocycles. The number of hydrogen-bond acceptors (Lipinski definition) is 7. The summed E-state index contributed by atoms with van der Waals surface area (Å²) in [4.78, 5) is 17.7. The van der Waals surface area contributed by atoms with E-state index in [0.717, 1.165) is 16.5 Å². The fourth-order valence-corrected chi connectivity index (χ4v) is 7.28.